The van der Waals surface area contributed by atoms with E-state index in [4.69, 9.17) is 19.2 Å². The van der Waals surface area contributed by atoms with Gasteiger partial charge in [-0.05, 0) is 19.3 Å². The second kappa shape index (κ2) is 12.2. The number of hydrogen-bond acceptors (Lipinski definition) is 10. The molecule has 0 aromatic heterocycles. The number of rotatable bonds is 14. The van der Waals surface area contributed by atoms with E-state index in [0.29, 0.717) is 36.0 Å². The van der Waals surface area contributed by atoms with Crippen molar-refractivity contribution in [3.63, 3.8) is 0 Å². The van der Waals surface area contributed by atoms with Gasteiger partial charge < -0.3 is 14.3 Å². The molecule has 0 saturated carbocycles. The summed E-state index contributed by atoms with van der Waals surface area (Å²) in [6, 6.07) is 0. The number of carbonyl (C=O) groups excluding carboxylic acids is 5. The first-order valence-corrected chi connectivity index (χ1v) is 9.36. The van der Waals surface area contributed by atoms with Gasteiger partial charge in [0.2, 0.25) is 0 Å². The van der Waals surface area contributed by atoms with Gasteiger partial charge in [-0.1, -0.05) is 0 Å². The maximum absolute atomic E-state index is 11.6. The van der Waals surface area contributed by atoms with Crippen molar-refractivity contribution in [2.24, 2.45) is 0 Å². The lowest BCUT2D eigenvalue weighted by atomic mass is 10.3. The normalized spacial score (nSPS) is 17.0. The molecule has 0 aliphatic carbocycles. The first-order valence-electron chi connectivity index (χ1n) is 9.36. The molecule has 0 aromatic carbocycles. The number of carbonyl (C=O) groups is 5. The van der Waals surface area contributed by atoms with Crippen LogP contribution in [0.1, 0.15) is 51.4 Å². The lowest BCUT2D eigenvalue weighted by Crippen LogP contribution is -2.32. The Balaban J connectivity index is 1.35. The molecule has 0 atom stereocenters. The van der Waals surface area contributed by atoms with E-state index in [2.05, 4.69) is 4.99 Å². The summed E-state index contributed by atoms with van der Waals surface area (Å²) in [7, 11) is 0. The van der Waals surface area contributed by atoms with Gasteiger partial charge in [0.05, 0.1) is 13.0 Å². The molecule has 2 saturated heterocycles. The highest BCUT2D eigenvalue weighted by atomic mass is 17.3. The van der Waals surface area contributed by atoms with Gasteiger partial charge in [0.25, 0.3) is 23.6 Å². The highest BCUT2D eigenvalue weighted by Gasteiger charge is 2.32. The molecule has 12 heteroatoms. The molecule has 2 rings (SSSR count). The van der Waals surface area contributed by atoms with Crippen LogP contribution in [-0.2, 0) is 48.2 Å². The molecule has 0 spiro atoms. The Morgan fingerprint density at radius 3 is 1.86 bits per heavy atom. The largest absolute Gasteiger partial charge is 0.355 e. The van der Waals surface area contributed by atoms with Gasteiger partial charge in [0, 0.05) is 38.9 Å². The zero-order chi connectivity index (χ0) is 21.1. The summed E-state index contributed by atoms with van der Waals surface area (Å²) >= 11 is 0. The quantitative estimate of drug-likeness (QED) is 0.126. The van der Waals surface area contributed by atoms with Crippen LogP contribution in [-0.4, -0.2) is 66.3 Å². The van der Waals surface area contributed by atoms with Gasteiger partial charge in [-0.3, -0.25) is 19.2 Å². The zero-order valence-electron chi connectivity index (χ0n) is 16.0. The van der Waals surface area contributed by atoms with Crippen LogP contribution >= 0.6 is 0 Å². The minimum atomic E-state index is -0.669. The first kappa shape index (κ1) is 22.9. The Morgan fingerprint density at radius 1 is 0.724 bits per heavy atom. The molecule has 4 amide bonds. The fraction of sp³-hybridized carbons (Fsp3) is 0.706. The third-order valence-electron chi connectivity index (χ3n) is 3.93. The Morgan fingerprint density at radius 2 is 1.24 bits per heavy atom. The predicted octanol–water partition coefficient (Wildman–Crippen LogP) is 0.157. The molecule has 2 aliphatic heterocycles. The van der Waals surface area contributed by atoms with E-state index < -0.39 is 29.6 Å². The summed E-state index contributed by atoms with van der Waals surface area (Å²) in [6.45, 7) is 0.912. The lowest BCUT2D eigenvalue weighted by molar-refractivity contribution is -0.393. The van der Waals surface area contributed by atoms with Crippen LogP contribution in [0.4, 0.5) is 0 Å². The predicted molar refractivity (Wildman–Crippen MR) is 90.5 cm³/mol. The van der Waals surface area contributed by atoms with E-state index in [0.717, 1.165) is 0 Å². The third kappa shape index (κ3) is 7.85. The maximum Gasteiger partial charge on any atom is 0.333 e. The maximum atomic E-state index is 11.6. The molecule has 2 heterocycles. The molecule has 2 aliphatic rings. The summed E-state index contributed by atoms with van der Waals surface area (Å²) in [6.07, 6.45) is 2.00. The number of amides is 4. The molecular formula is C17H24N2O10. The van der Waals surface area contributed by atoms with Gasteiger partial charge in [-0.2, -0.15) is 0 Å². The Kier molecular flexibility index (Phi) is 9.64. The van der Waals surface area contributed by atoms with Crippen LogP contribution in [0.2, 0.25) is 0 Å². The van der Waals surface area contributed by atoms with Crippen LogP contribution in [0.3, 0.4) is 0 Å². The Bertz CT molecular complexity index is 591. The third-order valence-corrected chi connectivity index (χ3v) is 3.93. The van der Waals surface area contributed by atoms with Crippen LogP contribution in [0.25, 0.3) is 0 Å². The zero-order valence-corrected chi connectivity index (χ0v) is 16.0. The number of ether oxygens (including phenoxy) is 2. The SMILES string of the molecule is O=C(CCCOCOCCCCOON1C(=O)CCC1=O)ON1C(=O)CCC1=O. The number of imide groups is 2. The van der Waals surface area contributed by atoms with E-state index in [1.54, 1.807) is 0 Å². The summed E-state index contributed by atoms with van der Waals surface area (Å²) in [4.78, 5) is 70.9. The summed E-state index contributed by atoms with van der Waals surface area (Å²) < 4.78 is 10.4. The number of hydroxylamine groups is 4. The summed E-state index contributed by atoms with van der Waals surface area (Å²) in [5.41, 5.74) is 0. The van der Waals surface area contributed by atoms with Crippen molar-refractivity contribution in [1.29, 1.82) is 0 Å². The van der Waals surface area contributed by atoms with Gasteiger partial charge in [-0.25, -0.2) is 9.68 Å². The van der Waals surface area contributed by atoms with Crippen LogP contribution in [0.15, 0.2) is 0 Å². The van der Waals surface area contributed by atoms with Gasteiger partial charge >= 0.3 is 5.97 Å². The van der Waals surface area contributed by atoms with E-state index in [-0.39, 0.29) is 52.1 Å². The fourth-order valence-electron chi connectivity index (χ4n) is 2.39. The highest BCUT2D eigenvalue weighted by molar-refractivity contribution is 6.01. The second-order valence-electron chi connectivity index (χ2n) is 6.27. The van der Waals surface area contributed by atoms with Crippen molar-refractivity contribution >= 4 is 29.6 Å². The van der Waals surface area contributed by atoms with Crippen molar-refractivity contribution in [2.75, 3.05) is 26.6 Å². The molecule has 12 nitrogen and oxygen atoms in total. The number of unbranched alkanes of at least 4 members (excludes halogenated alkanes) is 1. The first-order chi connectivity index (χ1) is 14.0. The molecule has 0 bridgehead atoms. The van der Waals surface area contributed by atoms with Gasteiger partial charge in [0.1, 0.15) is 6.79 Å². The van der Waals surface area contributed by atoms with Crippen LogP contribution in [0.5, 0.6) is 0 Å². The van der Waals surface area contributed by atoms with Gasteiger partial charge in [-0.15, -0.1) is 15.1 Å². The Hall–Kier alpha value is -2.41. The molecule has 0 aromatic rings. The van der Waals surface area contributed by atoms with E-state index in [1.165, 1.54) is 0 Å². The Labute approximate surface area is 166 Å². The average molecular weight is 416 g/mol. The van der Waals surface area contributed by atoms with Gasteiger partial charge in [0.15, 0.2) is 0 Å². The van der Waals surface area contributed by atoms with Crippen molar-refractivity contribution in [3.05, 3.63) is 0 Å². The number of hydrogen-bond donors (Lipinski definition) is 0. The number of nitrogens with zero attached hydrogens (tertiary/aromatic N) is 2. The van der Waals surface area contributed by atoms with E-state index in [9.17, 15) is 24.0 Å². The fourth-order valence-corrected chi connectivity index (χ4v) is 2.39. The second-order valence-corrected chi connectivity index (χ2v) is 6.27. The smallest absolute Gasteiger partial charge is 0.333 e. The molecular weight excluding hydrogens is 392 g/mol. The van der Waals surface area contributed by atoms with Crippen LogP contribution < -0.4 is 0 Å². The molecule has 0 N–H and O–H groups in total. The molecule has 0 radical (unpaired) electrons. The minimum Gasteiger partial charge on any atom is -0.355 e. The molecule has 162 valence electrons. The molecule has 0 unspecified atom stereocenters. The van der Waals surface area contributed by atoms with E-state index >= 15 is 0 Å². The monoisotopic (exact) mass is 416 g/mol. The standard InChI is InChI=1S/C17H24N2O10/c20-13-5-6-14(21)18(13)28-17(24)4-3-10-26-12-25-9-1-2-11-27-29-19-15(22)7-8-16(19)23/h1-12H2. The van der Waals surface area contributed by atoms with Crippen molar-refractivity contribution in [3.8, 4) is 0 Å². The van der Waals surface area contributed by atoms with Crippen molar-refractivity contribution < 1.29 is 48.2 Å². The summed E-state index contributed by atoms with van der Waals surface area (Å²) in [5.74, 6) is -2.52. The lowest BCUT2D eigenvalue weighted by Gasteiger charge is -2.12. The molecule has 2 fully saturated rings. The van der Waals surface area contributed by atoms with Crippen molar-refractivity contribution in [1.82, 2.24) is 10.1 Å². The van der Waals surface area contributed by atoms with Crippen LogP contribution in [0, 0.1) is 0 Å². The van der Waals surface area contributed by atoms with Crippen molar-refractivity contribution in [2.45, 2.75) is 51.4 Å². The minimum absolute atomic E-state index is 0.0103. The van der Waals surface area contributed by atoms with E-state index in [1.807, 2.05) is 0 Å². The molecule has 29 heavy (non-hydrogen) atoms. The average Bonchev–Trinajstić information content (AvgIpc) is 3.18. The topological polar surface area (TPSA) is 138 Å². The highest BCUT2D eigenvalue weighted by Crippen LogP contribution is 2.13. The summed E-state index contributed by atoms with van der Waals surface area (Å²) in [5, 5.41) is 1.14.